The van der Waals surface area contributed by atoms with E-state index in [0.29, 0.717) is 17.0 Å². The van der Waals surface area contributed by atoms with E-state index in [0.717, 1.165) is 31.2 Å². The van der Waals surface area contributed by atoms with Crippen LogP contribution in [0.5, 0.6) is 5.75 Å². The van der Waals surface area contributed by atoms with Gasteiger partial charge in [0, 0.05) is 11.1 Å². The molecule has 0 N–H and O–H groups in total. The van der Waals surface area contributed by atoms with Gasteiger partial charge in [-0.3, -0.25) is 0 Å². The Morgan fingerprint density at radius 3 is 2.17 bits per heavy atom. The number of hydrogen-bond acceptors (Lipinski definition) is 1. The van der Waals surface area contributed by atoms with Crippen LogP contribution in [0.15, 0.2) is 60.7 Å². The Morgan fingerprint density at radius 1 is 0.778 bits per heavy atom. The number of benzene rings is 3. The van der Waals surface area contributed by atoms with Gasteiger partial charge in [0.2, 0.25) is 5.82 Å². The van der Waals surface area contributed by atoms with Crippen molar-refractivity contribution in [3.8, 4) is 16.9 Å². The average molecular weight is 495 g/mol. The third kappa shape index (κ3) is 5.56. The fourth-order valence-electron chi connectivity index (χ4n) is 4.90. The Kier molecular flexibility index (Phi) is 8.29. The molecule has 4 rings (SSSR count). The molecule has 36 heavy (non-hydrogen) atoms. The van der Waals surface area contributed by atoms with E-state index in [-0.39, 0.29) is 29.4 Å². The van der Waals surface area contributed by atoms with E-state index in [4.69, 9.17) is 4.74 Å². The molecule has 0 aliphatic heterocycles. The van der Waals surface area contributed by atoms with Gasteiger partial charge in [-0.05, 0) is 80.2 Å². The average Bonchev–Trinajstić information content (AvgIpc) is 2.89. The van der Waals surface area contributed by atoms with Crippen LogP contribution in [-0.4, -0.2) is 6.61 Å². The van der Waals surface area contributed by atoms with Crippen LogP contribution in [0.4, 0.5) is 17.6 Å². The summed E-state index contributed by atoms with van der Waals surface area (Å²) >= 11 is 0. The lowest BCUT2D eigenvalue weighted by molar-refractivity contribution is 0.314. The molecular formula is C31H30F4O. The molecule has 5 heteroatoms. The number of ether oxygens (including phenoxy) is 1. The zero-order chi connectivity index (χ0) is 25.7. The minimum atomic E-state index is -1.02. The minimum absolute atomic E-state index is 0.0411. The van der Waals surface area contributed by atoms with Gasteiger partial charge in [0.15, 0.2) is 23.2 Å². The van der Waals surface area contributed by atoms with Crippen LogP contribution in [0.1, 0.15) is 62.1 Å². The quantitative estimate of drug-likeness (QED) is 0.181. The molecule has 1 aliphatic rings. The van der Waals surface area contributed by atoms with Crippen molar-refractivity contribution in [2.75, 3.05) is 6.61 Å². The third-order valence-electron chi connectivity index (χ3n) is 6.84. The van der Waals surface area contributed by atoms with Crippen molar-refractivity contribution >= 4 is 12.2 Å². The predicted octanol–water partition coefficient (Wildman–Crippen LogP) is 9.33. The van der Waals surface area contributed by atoms with Gasteiger partial charge >= 0.3 is 0 Å². The largest absolute Gasteiger partial charge is 0.491 e. The van der Waals surface area contributed by atoms with Crippen molar-refractivity contribution in [3.05, 3.63) is 101 Å². The monoisotopic (exact) mass is 494 g/mol. The Bertz CT molecular complexity index is 1250. The number of rotatable bonds is 7. The summed E-state index contributed by atoms with van der Waals surface area (Å²) < 4.78 is 63.5. The first-order valence-electron chi connectivity index (χ1n) is 12.4. The second-order valence-corrected chi connectivity index (χ2v) is 9.14. The van der Waals surface area contributed by atoms with Crippen LogP contribution in [0.2, 0.25) is 0 Å². The Labute approximate surface area is 210 Å². The third-order valence-corrected chi connectivity index (χ3v) is 6.84. The molecule has 0 amide bonds. The molecule has 1 fully saturated rings. The van der Waals surface area contributed by atoms with Crippen LogP contribution in [0.3, 0.4) is 0 Å². The molecular weight excluding hydrogens is 464 g/mol. The van der Waals surface area contributed by atoms with Crippen molar-refractivity contribution in [1.29, 1.82) is 0 Å². The van der Waals surface area contributed by atoms with Crippen LogP contribution < -0.4 is 4.74 Å². The second-order valence-electron chi connectivity index (χ2n) is 9.14. The summed E-state index contributed by atoms with van der Waals surface area (Å²) in [6.45, 7) is 3.94. The Hall–Kier alpha value is -3.34. The van der Waals surface area contributed by atoms with Crippen LogP contribution in [0, 0.1) is 29.2 Å². The number of halogens is 4. The van der Waals surface area contributed by atoms with Crippen molar-refractivity contribution < 1.29 is 22.3 Å². The van der Waals surface area contributed by atoms with Gasteiger partial charge in [0.1, 0.15) is 0 Å². The summed E-state index contributed by atoms with van der Waals surface area (Å²) in [6, 6.07) is 12.9. The summed E-state index contributed by atoms with van der Waals surface area (Å²) in [7, 11) is 0. The van der Waals surface area contributed by atoms with E-state index in [1.165, 1.54) is 18.2 Å². The number of hydrogen-bond donors (Lipinski definition) is 0. The standard InChI is InChI=1S/C31H30F4O/c1-3-5-20-6-11-22(12-7-20)25-17-16-24(28(32)29(25)33)15-10-21-8-13-23(14-9-21)26-18-19-27(36-4-2)31(35)30(26)34/h3,5,8-10,13-20,22H,4,6-7,11-12H2,1-2H3. The second kappa shape index (κ2) is 11.6. The van der Waals surface area contributed by atoms with Gasteiger partial charge < -0.3 is 4.74 Å². The van der Waals surface area contributed by atoms with Gasteiger partial charge in [-0.25, -0.2) is 13.2 Å². The molecule has 1 nitrogen and oxygen atoms in total. The summed E-state index contributed by atoms with van der Waals surface area (Å²) in [5.74, 6) is -3.17. The molecule has 0 spiro atoms. The molecule has 0 aromatic heterocycles. The predicted molar refractivity (Wildman–Crippen MR) is 138 cm³/mol. The van der Waals surface area contributed by atoms with E-state index in [1.54, 1.807) is 49.4 Å². The van der Waals surface area contributed by atoms with Crippen LogP contribution in [0.25, 0.3) is 23.3 Å². The SMILES string of the molecule is CC=CC1CCC(c2ccc(C=Cc3ccc(-c4ccc(OCC)c(F)c4F)cc3)c(F)c2F)CC1. The molecule has 0 radical (unpaired) electrons. The number of allylic oxidation sites excluding steroid dienone is 2. The lowest BCUT2D eigenvalue weighted by Gasteiger charge is -2.27. The molecule has 3 aromatic carbocycles. The molecule has 0 unspecified atom stereocenters. The van der Waals surface area contributed by atoms with E-state index in [2.05, 4.69) is 12.2 Å². The lowest BCUT2D eigenvalue weighted by atomic mass is 9.78. The first-order valence-corrected chi connectivity index (χ1v) is 12.4. The maximum atomic E-state index is 14.9. The zero-order valence-corrected chi connectivity index (χ0v) is 20.5. The van der Waals surface area contributed by atoms with Crippen LogP contribution >= 0.6 is 0 Å². The van der Waals surface area contributed by atoms with Crippen molar-refractivity contribution in [2.45, 2.75) is 45.4 Å². The highest BCUT2D eigenvalue weighted by molar-refractivity contribution is 5.73. The fraction of sp³-hybridized carbons (Fsp3) is 0.290. The fourth-order valence-corrected chi connectivity index (χ4v) is 4.90. The summed E-state index contributed by atoms with van der Waals surface area (Å²) in [5, 5.41) is 0. The highest BCUT2D eigenvalue weighted by atomic mass is 19.2. The van der Waals surface area contributed by atoms with E-state index in [1.807, 2.05) is 6.92 Å². The van der Waals surface area contributed by atoms with Crippen molar-refractivity contribution in [2.24, 2.45) is 5.92 Å². The summed E-state index contributed by atoms with van der Waals surface area (Å²) in [5.41, 5.74) is 1.96. The lowest BCUT2D eigenvalue weighted by Crippen LogP contribution is -2.13. The van der Waals surface area contributed by atoms with Gasteiger partial charge in [0.05, 0.1) is 6.61 Å². The summed E-state index contributed by atoms with van der Waals surface area (Å²) in [4.78, 5) is 0. The van der Waals surface area contributed by atoms with E-state index in [9.17, 15) is 17.6 Å². The van der Waals surface area contributed by atoms with Gasteiger partial charge in [-0.1, -0.05) is 60.7 Å². The maximum Gasteiger partial charge on any atom is 0.201 e. The highest BCUT2D eigenvalue weighted by Crippen LogP contribution is 2.38. The summed E-state index contributed by atoms with van der Waals surface area (Å²) in [6.07, 6.45) is 11.1. The smallest absolute Gasteiger partial charge is 0.201 e. The molecule has 0 saturated heterocycles. The molecule has 188 valence electrons. The first kappa shape index (κ1) is 25.7. The van der Waals surface area contributed by atoms with E-state index < -0.39 is 23.3 Å². The zero-order valence-electron chi connectivity index (χ0n) is 20.5. The highest BCUT2D eigenvalue weighted by Gasteiger charge is 2.25. The van der Waals surface area contributed by atoms with Crippen molar-refractivity contribution in [3.63, 3.8) is 0 Å². The van der Waals surface area contributed by atoms with E-state index >= 15 is 0 Å². The van der Waals surface area contributed by atoms with Gasteiger partial charge in [0.25, 0.3) is 0 Å². The van der Waals surface area contributed by atoms with Crippen molar-refractivity contribution in [1.82, 2.24) is 0 Å². The van der Waals surface area contributed by atoms with Gasteiger partial charge in [-0.15, -0.1) is 0 Å². The molecule has 1 saturated carbocycles. The Morgan fingerprint density at radius 2 is 1.50 bits per heavy atom. The topological polar surface area (TPSA) is 9.23 Å². The minimum Gasteiger partial charge on any atom is -0.491 e. The molecule has 0 bridgehead atoms. The van der Waals surface area contributed by atoms with Gasteiger partial charge in [-0.2, -0.15) is 4.39 Å². The molecule has 3 aromatic rings. The molecule has 0 heterocycles. The molecule has 1 aliphatic carbocycles. The Balaban J connectivity index is 1.48. The van der Waals surface area contributed by atoms with Crippen LogP contribution in [-0.2, 0) is 0 Å². The maximum absolute atomic E-state index is 14.9. The molecule has 0 atom stereocenters. The normalized spacial score (nSPS) is 18.3. The first-order chi connectivity index (χ1) is 17.4.